The number of carbonyl (C=O) groups is 1. The molecule has 0 radical (unpaired) electrons. The lowest BCUT2D eigenvalue weighted by Crippen LogP contribution is -2.12. The molecule has 0 aliphatic heterocycles. The standard InChI is InChI=1S/C12H15ClO2/c1-7(2)15-12(14)10-5-8(3)9(4)6-11(10)13/h5-7H,1-4H3. The fraction of sp³-hybridized carbons (Fsp3) is 0.417. The van der Waals surface area contributed by atoms with E-state index in [1.807, 2.05) is 27.7 Å². The molecule has 0 aliphatic rings. The summed E-state index contributed by atoms with van der Waals surface area (Å²) in [4.78, 5) is 11.6. The van der Waals surface area contributed by atoms with Crippen molar-refractivity contribution in [3.8, 4) is 0 Å². The maximum Gasteiger partial charge on any atom is 0.339 e. The molecule has 1 rings (SSSR count). The fourth-order valence-corrected chi connectivity index (χ4v) is 1.51. The molecule has 15 heavy (non-hydrogen) atoms. The summed E-state index contributed by atoms with van der Waals surface area (Å²) in [5, 5.41) is 0.448. The van der Waals surface area contributed by atoms with E-state index in [0.717, 1.165) is 11.1 Å². The molecule has 0 spiro atoms. The Labute approximate surface area is 95.2 Å². The summed E-state index contributed by atoms with van der Waals surface area (Å²) in [5.41, 5.74) is 2.55. The quantitative estimate of drug-likeness (QED) is 0.722. The van der Waals surface area contributed by atoms with Crippen molar-refractivity contribution < 1.29 is 9.53 Å². The van der Waals surface area contributed by atoms with E-state index in [0.29, 0.717) is 10.6 Å². The van der Waals surface area contributed by atoms with Crippen molar-refractivity contribution in [1.29, 1.82) is 0 Å². The Morgan fingerprint density at radius 1 is 1.27 bits per heavy atom. The minimum absolute atomic E-state index is 0.129. The number of aryl methyl sites for hydroxylation is 2. The zero-order valence-corrected chi connectivity index (χ0v) is 10.2. The number of ether oxygens (including phenoxy) is 1. The van der Waals surface area contributed by atoms with E-state index in [2.05, 4.69) is 0 Å². The number of carbonyl (C=O) groups excluding carboxylic acids is 1. The van der Waals surface area contributed by atoms with Gasteiger partial charge in [0.25, 0.3) is 0 Å². The lowest BCUT2D eigenvalue weighted by Gasteiger charge is -2.10. The van der Waals surface area contributed by atoms with Crippen LogP contribution in [0.3, 0.4) is 0 Å². The van der Waals surface area contributed by atoms with E-state index in [1.165, 1.54) is 0 Å². The Hall–Kier alpha value is -1.02. The van der Waals surface area contributed by atoms with Crippen molar-refractivity contribution in [3.05, 3.63) is 33.8 Å². The molecule has 0 atom stereocenters. The number of hydrogen-bond acceptors (Lipinski definition) is 2. The lowest BCUT2D eigenvalue weighted by atomic mass is 10.1. The van der Waals surface area contributed by atoms with Crippen LogP contribution in [0.15, 0.2) is 12.1 Å². The van der Waals surface area contributed by atoms with Gasteiger partial charge in [0.2, 0.25) is 0 Å². The van der Waals surface area contributed by atoms with Crippen molar-refractivity contribution in [2.24, 2.45) is 0 Å². The van der Waals surface area contributed by atoms with Gasteiger partial charge in [0.05, 0.1) is 16.7 Å². The summed E-state index contributed by atoms with van der Waals surface area (Å²) >= 11 is 5.98. The maximum atomic E-state index is 11.6. The molecular formula is C12H15ClO2. The summed E-state index contributed by atoms with van der Waals surface area (Å²) in [7, 11) is 0. The fourth-order valence-electron chi connectivity index (χ4n) is 1.21. The summed E-state index contributed by atoms with van der Waals surface area (Å²) in [6.07, 6.45) is -0.129. The van der Waals surface area contributed by atoms with Gasteiger partial charge in [-0.15, -0.1) is 0 Å². The normalized spacial score (nSPS) is 10.5. The third-order valence-corrected chi connectivity index (χ3v) is 2.46. The molecule has 0 bridgehead atoms. The van der Waals surface area contributed by atoms with Gasteiger partial charge in [0.1, 0.15) is 0 Å². The van der Waals surface area contributed by atoms with Crippen LogP contribution in [-0.4, -0.2) is 12.1 Å². The lowest BCUT2D eigenvalue weighted by molar-refractivity contribution is 0.0378. The summed E-state index contributed by atoms with van der Waals surface area (Å²) in [6, 6.07) is 3.55. The smallest absolute Gasteiger partial charge is 0.339 e. The van der Waals surface area contributed by atoms with Crippen LogP contribution in [0.2, 0.25) is 5.02 Å². The number of benzene rings is 1. The van der Waals surface area contributed by atoms with Crippen LogP contribution in [0, 0.1) is 13.8 Å². The van der Waals surface area contributed by atoms with Crippen LogP contribution in [0.25, 0.3) is 0 Å². The Morgan fingerprint density at radius 2 is 1.80 bits per heavy atom. The van der Waals surface area contributed by atoms with Gasteiger partial charge >= 0.3 is 5.97 Å². The molecule has 1 aromatic carbocycles. The third-order valence-electron chi connectivity index (χ3n) is 2.15. The van der Waals surface area contributed by atoms with Gasteiger partial charge in [0.15, 0.2) is 0 Å². The number of rotatable bonds is 2. The minimum atomic E-state index is -0.363. The van der Waals surface area contributed by atoms with Gasteiger partial charge in [-0.25, -0.2) is 4.79 Å². The molecule has 2 nitrogen and oxygen atoms in total. The Bertz CT molecular complexity index is 383. The van der Waals surface area contributed by atoms with Gasteiger partial charge in [-0.1, -0.05) is 11.6 Å². The third kappa shape index (κ3) is 2.96. The van der Waals surface area contributed by atoms with E-state index < -0.39 is 0 Å². The van der Waals surface area contributed by atoms with Crippen molar-refractivity contribution >= 4 is 17.6 Å². The second-order valence-corrected chi connectivity index (χ2v) is 4.28. The molecule has 82 valence electrons. The van der Waals surface area contributed by atoms with E-state index in [9.17, 15) is 4.79 Å². The Kier molecular flexibility index (Phi) is 3.75. The molecule has 0 aromatic heterocycles. The second kappa shape index (κ2) is 4.67. The first-order valence-corrected chi connectivity index (χ1v) is 5.27. The summed E-state index contributed by atoms with van der Waals surface area (Å²) in [5.74, 6) is -0.363. The predicted molar refractivity (Wildman–Crippen MR) is 61.5 cm³/mol. The molecule has 0 saturated heterocycles. The molecule has 0 fully saturated rings. The van der Waals surface area contributed by atoms with Crippen molar-refractivity contribution in [1.82, 2.24) is 0 Å². The average molecular weight is 227 g/mol. The second-order valence-electron chi connectivity index (χ2n) is 3.87. The van der Waals surface area contributed by atoms with Gasteiger partial charge in [-0.3, -0.25) is 0 Å². The van der Waals surface area contributed by atoms with Crippen molar-refractivity contribution in [3.63, 3.8) is 0 Å². The van der Waals surface area contributed by atoms with Crippen molar-refractivity contribution in [2.45, 2.75) is 33.8 Å². The molecule has 0 unspecified atom stereocenters. The first-order chi connectivity index (χ1) is 6.91. The predicted octanol–water partition coefficient (Wildman–Crippen LogP) is 3.52. The average Bonchev–Trinajstić information content (AvgIpc) is 2.09. The highest BCUT2D eigenvalue weighted by molar-refractivity contribution is 6.33. The SMILES string of the molecule is Cc1cc(Cl)c(C(=O)OC(C)C)cc1C. The molecule has 0 aliphatic carbocycles. The van der Waals surface area contributed by atoms with E-state index >= 15 is 0 Å². The zero-order chi connectivity index (χ0) is 11.6. The molecule has 3 heteroatoms. The van der Waals surface area contributed by atoms with Gasteiger partial charge in [-0.2, -0.15) is 0 Å². The van der Waals surface area contributed by atoms with Crippen LogP contribution < -0.4 is 0 Å². The maximum absolute atomic E-state index is 11.6. The van der Waals surface area contributed by atoms with Crippen LogP contribution in [0.1, 0.15) is 35.3 Å². The van der Waals surface area contributed by atoms with Crippen LogP contribution >= 0.6 is 11.6 Å². The van der Waals surface area contributed by atoms with Gasteiger partial charge < -0.3 is 4.74 Å². The highest BCUT2D eigenvalue weighted by Gasteiger charge is 2.14. The van der Waals surface area contributed by atoms with Gasteiger partial charge in [0, 0.05) is 0 Å². The van der Waals surface area contributed by atoms with Crippen molar-refractivity contribution in [2.75, 3.05) is 0 Å². The Morgan fingerprint density at radius 3 is 2.33 bits per heavy atom. The van der Waals surface area contributed by atoms with E-state index in [1.54, 1.807) is 12.1 Å². The number of hydrogen-bond donors (Lipinski definition) is 0. The number of halogens is 1. The highest BCUT2D eigenvalue weighted by atomic mass is 35.5. The molecule has 0 amide bonds. The van der Waals surface area contributed by atoms with Crippen LogP contribution in [-0.2, 0) is 4.74 Å². The molecule has 0 saturated carbocycles. The summed E-state index contributed by atoms with van der Waals surface area (Å²) in [6.45, 7) is 7.52. The molecule has 0 N–H and O–H groups in total. The minimum Gasteiger partial charge on any atom is -0.459 e. The number of esters is 1. The van der Waals surface area contributed by atoms with Gasteiger partial charge in [-0.05, 0) is 51.0 Å². The van der Waals surface area contributed by atoms with E-state index in [4.69, 9.17) is 16.3 Å². The first-order valence-electron chi connectivity index (χ1n) is 4.89. The largest absolute Gasteiger partial charge is 0.459 e. The monoisotopic (exact) mass is 226 g/mol. The topological polar surface area (TPSA) is 26.3 Å². The molecular weight excluding hydrogens is 212 g/mol. The molecule has 0 heterocycles. The highest BCUT2D eigenvalue weighted by Crippen LogP contribution is 2.21. The zero-order valence-electron chi connectivity index (χ0n) is 9.43. The molecule has 1 aromatic rings. The van der Waals surface area contributed by atoms with Crippen LogP contribution in [0.4, 0.5) is 0 Å². The first kappa shape index (κ1) is 12.1. The van der Waals surface area contributed by atoms with E-state index in [-0.39, 0.29) is 12.1 Å². The summed E-state index contributed by atoms with van der Waals surface area (Å²) < 4.78 is 5.09. The van der Waals surface area contributed by atoms with Crippen LogP contribution in [0.5, 0.6) is 0 Å². The Balaban J connectivity index is 3.04.